The second-order valence-electron chi connectivity index (χ2n) is 5.21. The minimum atomic E-state index is -0.182. The first-order valence-electron chi connectivity index (χ1n) is 6.40. The Labute approximate surface area is 107 Å². The van der Waals surface area contributed by atoms with Gasteiger partial charge in [0.2, 0.25) is 0 Å². The van der Waals surface area contributed by atoms with Crippen LogP contribution in [0.4, 0.5) is 5.69 Å². The summed E-state index contributed by atoms with van der Waals surface area (Å²) in [5, 5.41) is 3.32. The number of nitrogens with one attached hydrogen (secondary N) is 1. The van der Waals surface area contributed by atoms with E-state index < -0.39 is 0 Å². The minimum Gasteiger partial charge on any atom is -0.362 e. The highest BCUT2D eigenvalue weighted by atomic mass is 16.5. The standard InChI is InChI=1S/C14H18N2O2/c1-11-2-4-12(5-3-11)16-10-14(6-7-15-9-14)18-8-13(16)17/h2-5,15H,6-10H2,1H3. The quantitative estimate of drug-likeness (QED) is 0.806. The maximum Gasteiger partial charge on any atom is 0.253 e. The maximum absolute atomic E-state index is 12.0. The molecule has 4 heteroatoms. The Kier molecular flexibility index (Phi) is 2.84. The van der Waals surface area contributed by atoms with Crippen molar-refractivity contribution in [3.63, 3.8) is 0 Å². The summed E-state index contributed by atoms with van der Waals surface area (Å²) in [6.45, 7) is 4.70. The van der Waals surface area contributed by atoms with Crippen LogP contribution >= 0.6 is 0 Å². The van der Waals surface area contributed by atoms with E-state index in [1.807, 2.05) is 36.1 Å². The van der Waals surface area contributed by atoms with Gasteiger partial charge >= 0.3 is 0 Å². The van der Waals surface area contributed by atoms with E-state index in [2.05, 4.69) is 5.32 Å². The largest absolute Gasteiger partial charge is 0.362 e. The lowest BCUT2D eigenvalue weighted by atomic mass is 10.00. The summed E-state index contributed by atoms with van der Waals surface area (Å²) in [5.41, 5.74) is 2.00. The van der Waals surface area contributed by atoms with E-state index in [0.29, 0.717) is 6.54 Å². The molecule has 2 aliphatic rings. The number of carbonyl (C=O) groups excluding carboxylic acids is 1. The van der Waals surface area contributed by atoms with Crippen LogP contribution in [0.2, 0.25) is 0 Å². The number of nitrogens with zero attached hydrogens (tertiary/aromatic N) is 1. The molecule has 3 rings (SSSR count). The summed E-state index contributed by atoms with van der Waals surface area (Å²) < 4.78 is 5.76. The lowest BCUT2D eigenvalue weighted by Gasteiger charge is -2.39. The van der Waals surface area contributed by atoms with Crippen molar-refractivity contribution < 1.29 is 9.53 Å². The topological polar surface area (TPSA) is 41.6 Å². The van der Waals surface area contributed by atoms with Crippen LogP contribution in [0.25, 0.3) is 0 Å². The molecule has 2 heterocycles. The number of rotatable bonds is 1. The highest BCUT2D eigenvalue weighted by molar-refractivity contribution is 5.95. The molecule has 18 heavy (non-hydrogen) atoms. The summed E-state index contributed by atoms with van der Waals surface area (Å²) >= 11 is 0. The molecule has 1 amide bonds. The van der Waals surface area contributed by atoms with Gasteiger partial charge in [0.25, 0.3) is 5.91 Å². The van der Waals surface area contributed by atoms with Gasteiger partial charge in [-0.25, -0.2) is 0 Å². The Morgan fingerprint density at radius 3 is 2.78 bits per heavy atom. The predicted octanol–water partition coefficient (Wildman–Crippen LogP) is 1.09. The Balaban J connectivity index is 1.85. The maximum atomic E-state index is 12.0. The molecule has 1 spiro atoms. The van der Waals surface area contributed by atoms with Gasteiger partial charge in [0.1, 0.15) is 12.2 Å². The van der Waals surface area contributed by atoms with E-state index in [9.17, 15) is 4.79 Å². The third-order valence-corrected chi connectivity index (χ3v) is 3.80. The third kappa shape index (κ3) is 2.02. The molecule has 0 aromatic heterocycles. The second-order valence-corrected chi connectivity index (χ2v) is 5.21. The van der Waals surface area contributed by atoms with Gasteiger partial charge in [-0.3, -0.25) is 4.79 Å². The summed E-state index contributed by atoms with van der Waals surface area (Å²) in [5.74, 6) is 0.0522. The first kappa shape index (κ1) is 11.7. The molecule has 2 aliphatic heterocycles. The average Bonchev–Trinajstić information content (AvgIpc) is 2.82. The van der Waals surface area contributed by atoms with Crippen molar-refractivity contribution in [3.05, 3.63) is 29.8 Å². The van der Waals surface area contributed by atoms with Crippen LogP contribution in [-0.2, 0) is 9.53 Å². The average molecular weight is 246 g/mol. The fourth-order valence-electron chi connectivity index (χ4n) is 2.65. The molecule has 0 aliphatic carbocycles. The highest BCUT2D eigenvalue weighted by Crippen LogP contribution is 2.28. The smallest absolute Gasteiger partial charge is 0.253 e. The molecule has 1 unspecified atom stereocenters. The van der Waals surface area contributed by atoms with Crippen molar-refractivity contribution in [2.24, 2.45) is 0 Å². The number of hydrogen-bond donors (Lipinski definition) is 1. The van der Waals surface area contributed by atoms with Crippen LogP contribution in [-0.4, -0.2) is 37.7 Å². The van der Waals surface area contributed by atoms with Crippen molar-refractivity contribution in [2.75, 3.05) is 31.1 Å². The van der Waals surface area contributed by atoms with Crippen molar-refractivity contribution in [1.82, 2.24) is 5.32 Å². The molecule has 1 aromatic carbocycles. The fourth-order valence-corrected chi connectivity index (χ4v) is 2.65. The Hall–Kier alpha value is -1.39. The molecule has 4 nitrogen and oxygen atoms in total. The first-order valence-corrected chi connectivity index (χ1v) is 6.40. The lowest BCUT2D eigenvalue weighted by molar-refractivity contribution is -0.136. The molecular weight excluding hydrogens is 228 g/mol. The Bertz CT molecular complexity index is 449. The third-order valence-electron chi connectivity index (χ3n) is 3.80. The minimum absolute atomic E-state index is 0.0522. The van der Waals surface area contributed by atoms with Crippen molar-refractivity contribution in [1.29, 1.82) is 0 Å². The zero-order chi connectivity index (χ0) is 12.6. The molecule has 2 saturated heterocycles. The number of amides is 1. The molecule has 96 valence electrons. The van der Waals surface area contributed by atoms with Crippen molar-refractivity contribution in [2.45, 2.75) is 18.9 Å². The van der Waals surface area contributed by atoms with E-state index in [-0.39, 0.29) is 18.1 Å². The van der Waals surface area contributed by atoms with Gasteiger partial charge in [0.15, 0.2) is 0 Å². The second kappa shape index (κ2) is 4.37. The van der Waals surface area contributed by atoms with Crippen LogP contribution in [0.3, 0.4) is 0 Å². The van der Waals surface area contributed by atoms with Crippen molar-refractivity contribution in [3.8, 4) is 0 Å². The van der Waals surface area contributed by atoms with Gasteiger partial charge in [-0.15, -0.1) is 0 Å². The van der Waals surface area contributed by atoms with Crippen LogP contribution in [0.5, 0.6) is 0 Å². The lowest BCUT2D eigenvalue weighted by Crippen LogP contribution is -2.55. The highest BCUT2D eigenvalue weighted by Gasteiger charge is 2.42. The summed E-state index contributed by atoms with van der Waals surface area (Å²) in [7, 11) is 0. The van der Waals surface area contributed by atoms with Crippen LogP contribution in [0, 0.1) is 6.92 Å². The van der Waals surface area contributed by atoms with Crippen LogP contribution in [0.15, 0.2) is 24.3 Å². The first-order chi connectivity index (χ1) is 8.69. The number of morpholine rings is 1. The summed E-state index contributed by atoms with van der Waals surface area (Å²) in [6.07, 6.45) is 0.975. The van der Waals surface area contributed by atoms with E-state index in [1.54, 1.807) is 0 Å². The molecular formula is C14H18N2O2. The van der Waals surface area contributed by atoms with Gasteiger partial charge in [0, 0.05) is 12.2 Å². The molecule has 1 atom stereocenters. The van der Waals surface area contributed by atoms with Crippen LogP contribution in [0.1, 0.15) is 12.0 Å². The molecule has 0 bridgehead atoms. The van der Waals surface area contributed by atoms with Gasteiger partial charge in [0.05, 0.1) is 6.54 Å². The van der Waals surface area contributed by atoms with Crippen LogP contribution < -0.4 is 10.2 Å². The Morgan fingerprint density at radius 2 is 2.11 bits per heavy atom. The van der Waals surface area contributed by atoms with Gasteiger partial charge < -0.3 is 15.0 Å². The van der Waals surface area contributed by atoms with E-state index in [4.69, 9.17) is 4.74 Å². The number of hydrogen-bond acceptors (Lipinski definition) is 3. The number of anilines is 1. The SMILES string of the molecule is Cc1ccc(N2CC3(CCNC3)OCC2=O)cc1. The molecule has 0 saturated carbocycles. The predicted molar refractivity (Wildman–Crippen MR) is 69.7 cm³/mol. The van der Waals surface area contributed by atoms with E-state index in [0.717, 1.165) is 25.2 Å². The van der Waals surface area contributed by atoms with Gasteiger partial charge in [-0.2, -0.15) is 0 Å². The Morgan fingerprint density at radius 1 is 1.33 bits per heavy atom. The fraction of sp³-hybridized carbons (Fsp3) is 0.500. The van der Waals surface area contributed by atoms with Gasteiger partial charge in [-0.05, 0) is 32.0 Å². The number of aryl methyl sites for hydroxylation is 1. The molecule has 1 aromatic rings. The van der Waals surface area contributed by atoms with E-state index in [1.165, 1.54) is 5.56 Å². The monoisotopic (exact) mass is 246 g/mol. The van der Waals surface area contributed by atoms with Crippen molar-refractivity contribution >= 4 is 11.6 Å². The van der Waals surface area contributed by atoms with E-state index >= 15 is 0 Å². The molecule has 0 radical (unpaired) electrons. The molecule has 1 N–H and O–H groups in total. The zero-order valence-electron chi connectivity index (χ0n) is 10.6. The number of benzene rings is 1. The number of carbonyl (C=O) groups is 1. The molecule has 2 fully saturated rings. The normalized spacial score (nSPS) is 28.1. The number of ether oxygens (including phenoxy) is 1. The summed E-state index contributed by atoms with van der Waals surface area (Å²) in [4.78, 5) is 13.9. The summed E-state index contributed by atoms with van der Waals surface area (Å²) in [6, 6.07) is 8.10. The van der Waals surface area contributed by atoms with Gasteiger partial charge in [-0.1, -0.05) is 17.7 Å². The zero-order valence-corrected chi connectivity index (χ0v) is 10.6.